The van der Waals surface area contributed by atoms with E-state index in [1.807, 2.05) is 0 Å². The Labute approximate surface area is 80.9 Å². The van der Waals surface area contributed by atoms with E-state index in [1.165, 1.54) is 12.3 Å². The van der Waals surface area contributed by atoms with Crippen LogP contribution in [0.3, 0.4) is 0 Å². The lowest BCUT2D eigenvalue weighted by Crippen LogP contribution is -1.93. The molecule has 1 heterocycles. The van der Waals surface area contributed by atoms with Gasteiger partial charge in [0.05, 0.1) is 8.59 Å². The molecule has 0 aliphatic carbocycles. The Morgan fingerprint density at radius 1 is 1.55 bits per heavy atom. The van der Waals surface area contributed by atoms with Crippen molar-refractivity contribution in [1.29, 1.82) is 0 Å². The van der Waals surface area contributed by atoms with Crippen molar-refractivity contribution >= 4 is 34.2 Å². The predicted molar refractivity (Wildman–Crippen MR) is 46.9 cm³/mol. The third-order valence-corrected chi connectivity index (χ3v) is 2.84. The van der Waals surface area contributed by atoms with Crippen LogP contribution in [-0.2, 0) is 0 Å². The van der Waals surface area contributed by atoms with Crippen LogP contribution in [0.4, 0.5) is 8.78 Å². The van der Waals surface area contributed by atoms with Gasteiger partial charge in [0, 0.05) is 6.20 Å². The summed E-state index contributed by atoms with van der Waals surface area (Å²) in [6, 6.07) is 1.48. The van der Waals surface area contributed by atoms with Gasteiger partial charge >= 0.3 is 0 Å². The van der Waals surface area contributed by atoms with Gasteiger partial charge < -0.3 is 0 Å². The number of aromatic nitrogens is 1. The number of pyridine rings is 1. The van der Waals surface area contributed by atoms with E-state index in [9.17, 15) is 8.78 Å². The third kappa shape index (κ3) is 1.99. The number of nitrogens with zero attached hydrogens (tertiary/aromatic N) is 1. The highest BCUT2D eigenvalue weighted by Crippen LogP contribution is 2.26. The van der Waals surface area contributed by atoms with Gasteiger partial charge in [0.25, 0.3) is 6.43 Å². The fourth-order valence-electron chi connectivity index (χ4n) is 0.587. The Hall–Kier alpha value is 0.0300. The summed E-state index contributed by atoms with van der Waals surface area (Å²) in [5.41, 5.74) is -0.252. The topological polar surface area (TPSA) is 12.9 Å². The van der Waals surface area contributed by atoms with Crippen molar-refractivity contribution < 1.29 is 8.78 Å². The molecule has 1 nitrogen and oxygen atoms in total. The Kier molecular flexibility index (Phi) is 3.00. The first-order valence-electron chi connectivity index (χ1n) is 2.71. The van der Waals surface area contributed by atoms with Gasteiger partial charge in [0.15, 0.2) is 0 Å². The van der Waals surface area contributed by atoms with Crippen LogP contribution < -0.4 is 0 Å². The Morgan fingerprint density at radius 3 is 2.64 bits per heavy atom. The van der Waals surface area contributed by atoms with Gasteiger partial charge in [-0.1, -0.05) is 11.6 Å². The Bertz CT molecular complexity index is 267. The zero-order valence-corrected chi connectivity index (χ0v) is 8.10. The lowest BCUT2D eigenvalue weighted by Gasteiger charge is -2.01. The van der Waals surface area contributed by atoms with Crippen LogP contribution in [0.1, 0.15) is 12.1 Å². The number of hydrogen-bond donors (Lipinski definition) is 0. The maximum Gasteiger partial charge on any atom is 0.281 e. The van der Waals surface area contributed by atoms with Gasteiger partial charge in [0.2, 0.25) is 0 Å². The lowest BCUT2D eigenvalue weighted by atomic mass is 10.4. The molecule has 0 spiro atoms. The highest BCUT2D eigenvalue weighted by molar-refractivity contribution is 14.1. The SMILES string of the molecule is FC(F)c1nccc(Cl)c1I. The first kappa shape index (κ1) is 9.12. The third-order valence-electron chi connectivity index (χ3n) is 1.08. The summed E-state index contributed by atoms with van der Waals surface area (Å²) in [6.07, 6.45) is -1.29. The second-order valence-corrected chi connectivity index (χ2v) is 3.28. The van der Waals surface area contributed by atoms with Crippen molar-refractivity contribution in [3.8, 4) is 0 Å². The molecule has 0 saturated carbocycles. The molecule has 1 rings (SSSR count). The number of rotatable bonds is 1. The maximum atomic E-state index is 12.1. The summed E-state index contributed by atoms with van der Waals surface area (Å²) in [5, 5.41) is 0.316. The molecule has 5 heteroatoms. The van der Waals surface area contributed by atoms with Gasteiger partial charge in [0.1, 0.15) is 5.69 Å². The van der Waals surface area contributed by atoms with Crippen LogP contribution in [0.15, 0.2) is 12.3 Å². The standard InChI is InChI=1S/C6H3ClF2IN/c7-3-1-2-11-5(4(3)10)6(8)9/h1-2,6H. The molecule has 0 atom stereocenters. The molecule has 0 unspecified atom stereocenters. The first-order valence-corrected chi connectivity index (χ1v) is 4.16. The van der Waals surface area contributed by atoms with Crippen molar-refractivity contribution in [1.82, 2.24) is 4.98 Å². The molecule has 60 valence electrons. The number of alkyl halides is 2. The van der Waals surface area contributed by atoms with Gasteiger partial charge in [-0.3, -0.25) is 4.98 Å². The molecule has 0 aliphatic rings. The molecule has 0 fully saturated rings. The first-order chi connectivity index (χ1) is 5.13. The lowest BCUT2D eigenvalue weighted by molar-refractivity contribution is 0.145. The highest BCUT2D eigenvalue weighted by atomic mass is 127. The van der Waals surface area contributed by atoms with E-state index >= 15 is 0 Å². The van der Waals surface area contributed by atoms with E-state index in [-0.39, 0.29) is 5.69 Å². The molecule has 0 amide bonds. The van der Waals surface area contributed by atoms with E-state index < -0.39 is 6.43 Å². The molecule has 0 radical (unpaired) electrons. The highest BCUT2D eigenvalue weighted by Gasteiger charge is 2.14. The molecular weight excluding hydrogens is 286 g/mol. The second kappa shape index (κ2) is 3.62. The monoisotopic (exact) mass is 289 g/mol. The zero-order valence-electron chi connectivity index (χ0n) is 5.19. The van der Waals surface area contributed by atoms with E-state index in [1.54, 1.807) is 22.6 Å². The zero-order chi connectivity index (χ0) is 8.43. The minimum atomic E-state index is -2.56. The van der Waals surface area contributed by atoms with Crippen molar-refractivity contribution in [3.63, 3.8) is 0 Å². The number of halogens is 4. The smallest absolute Gasteiger partial charge is 0.254 e. The molecule has 0 saturated heterocycles. The normalized spacial score (nSPS) is 10.6. The van der Waals surface area contributed by atoms with Crippen LogP contribution in [0.25, 0.3) is 0 Å². The maximum absolute atomic E-state index is 12.1. The molecule has 1 aromatic heterocycles. The van der Waals surface area contributed by atoms with Gasteiger partial charge in [-0.05, 0) is 28.7 Å². The van der Waals surface area contributed by atoms with Gasteiger partial charge in [-0.25, -0.2) is 8.78 Å². The van der Waals surface area contributed by atoms with Crippen molar-refractivity contribution in [3.05, 3.63) is 26.5 Å². The molecule has 1 aromatic rings. The van der Waals surface area contributed by atoms with Crippen LogP contribution in [-0.4, -0.2) is 4.98 Å². The van der Waals surface area contributed by atoms with Crippen LogP contribution in [0.5, 0.6) is 0 Å². The summed E-state index contributed by atoms with van der Waals surface area (Å²) < 4.78 is 24.5. The summed E-state index contributed by atoms with van der Waals surface area (Å²) in [6.45, 7) is 0. The fourth-order valence-corrected chi connectivity index (χ4v) is 1.29. The van der Waals surface area contributed by atoms with E-state index in [2.05, 4.69) is 4.98 Å². The van der Waals surface area contributed by atoms with E-state index in [4.69, 9.17) is 11.6 Å². The van der Waals surface area contributed by atoms with Gasteiger partial charge in [-0.15, -0.1) is 0 Å². The van der Waals surface area contributed by atoms with E-state index in [0.29, 0.717) is 8.59 Å². The second-order valence-electron chi connectivity index (χ2n) is 1.79. The molecule has 11 heavy (non-hydrogen) atoms. The van der Waals surface area contributed by atoms with Crippen molar-refractivity contribution in [2.24, 2.45) is 0 Å². The average Bonchev–Trinajstić information content (AvgIpc) is 1.94. The van der Waals surface area contributed by atoms with E-state index in [0.717, 1.165) is 0 Å². The number of hydrogen-bond acceptors (Lipinski definition) is 1. The molecule has 0 bridgehead atoms. The Morgan fingerprint density at radius 2 is 2.18 bits per heavy atom. The van der Waals surface area contributed by atoms with Crippen LogP contribution in [0, 0.1) is 3.57 Å². The summed E-state index contributed by atoms with van der Waals surface area (Å²) in [7, 11) is 0. The fraction of sp³-hybridized carbons (Fsp3) is 0.167. The Balaban J connectivity index is 3.17. The summed E-state index contributed by atoms with van der Waals surface area (Å²) in [4.78, 5) is 3.50. The van der Waals surface area contributed by atoms with Crippen molar-refractivity contribution in [2.45, 2.75) is 6.43 Å². The van der Waals surface area contributed by atoms with Crippen molar-refractivity contribution in [2.75, 3.05) is 0 Å². The largest absolute Gasteiger partial charge is 0.281 e. The summed E-state index contributed by atoms with van der Waals surface area (Å²) >= 11 is 7.32. The average molecular weight is 289 g/mol. The molecule has 0 aliphatic heterocycles. The van der Waals surface area contributed by atoms with Crippen LogP contribution in [0.2, 0.25) is 5.02 Å². The predicted octanol–water partition coefficient (Wildman–Crippen LogP) is 3.28. The molecule has 0 N–H and O–H groups in total. The summed E-state index contributed by atoms with van der Waals surface area (Å²) in [5.74, 6) is 0. The minimum Gasteiger partial charge on any atom is -0.254 e. The minimum absolute atomic E-state index is 0.252. The quantitative estimate of drug-likeness (QED) is 0.723. The molecule has 0 aromatic carbocycles. The van der Waals surface area contributed by atoms with Gasteiger partial charge in [-0.2, -0.15) is 0 Å². The van der Waals surface area contributed by atoms with Crippen LogP contribution >= 0.6 is 34.2 Å². The molecular formula is C6H3ClF2IN.